The molecule has 0 N–H and O–H groups in total. The molecule has 0 aliphatic carbocycles. The lowest BCUT2D eigenvalue weighted by molar-refractivity contribution is -0.141. The van der Waals surface area contributed by atoms with Crippen LogP contribution < -0.4 is 9.47 Å². The van der Waals surface area contributed by atoms with Crippen molar-refractivity contribution in [2.24, 2.45) is 0 Å². The van der Waals surface area contributed by atoms with Gasteiger partial charge in [-0.2, -0.15) is 0 Å². The molecule has 6 heteroatoms. The Bertz CT molecular complexity index is 786. The lowest BCUT2D eigenvalue weighted by Gasteiger charge is -2.34. The summed E-state index contributed by atoms with van der Waals surface area (Å²) in [5.74, 6) is 1.46. The fourth-order valence-corrected chi connectivity index (χ4v) is 3.08. The molecule has 3 rings (SSSR count). The zero-order valence-corrected chi connectivity index (χ0v) is 16.2. The van der Waals surface area contributed by atoms with Crippen molar-refractivity contribution in [1.29, 1.82) is 0 Å². The SMILES string of the molecule is Cc1cccc(OCC(=O)N2CCN(C(=O)CCOc3ccccc3)CC2)c1. The summed E-state index contributed by atoms with van der Waals surface area (Å²) < 4.78 is 11.2. The van der Waals surface area contributed by atoms with Gasteiger partial charge in [-0.25, -0.2) is 0 Å². The number of carbonyl (C=O) groups is 2. The number of amides is 2. The zero-order chi connectivity index (χ0) is 19.8. The summed E-state index contributed by atoms with van der Waals surface area (Å²) >= 11 is 0. The molecule has 0 unspecified atom stereocenters. The molecule has 0 bridgehead atoms. The number of benzene rings is 2. The molecule has 1 saturated heterocycles. The topological polar surface area (TPSA) is 59.1 Å². The van der Waals surface area contributed by atoms with Crippen LogP contribution in [0.15, 0.2) is 54.6 Å². The molecule has 28 heavy (non-hydrogen) atoms. The highest BCUT2D eigenvalue weighted by molar-refractivity contribution is 5.79. The molecule has 1 fully saturated rings. The van der Waals surface area contributed by atoms with Crippen molar-refractivity contribution in [3.63, 3.8) is 0 Å². The quantitative estimate of drug-likeness (QED) is 0.738. The molecule has 2 aromatic carbocycles. The van der Waals surface area contributed by atoms with E-state index < -0.39 is 0 Å². The standard InChI is InChI=1S/C22H26N2O4/c1-18-6-5-9-20(16-18)28-17-22(26)24-13-11-23(12-14-24)21(25)10-15-27-19-7-3-2-4-8-19/h2-9,16H,10-15,17H2,1H3. The Morgan fingerprint density at radius 2 is 1.46 bits per heavy atom. The van der Waals surface area contributed by atoms with E-state index in [1.54, 1.807) is 9.80 Å². The molecule has 0 radical (unpaired) electrons. The van der Waals surface area contributed by atoms with Gasteiger partial charge >= 0.3 is 0 Å². The summed E-state index contributed by atoms with van der Waals surface area (Å²) in [7, 11) is 0. The van der Waals surface area contributed by atoms with Crippen molar-refractivity contribution in [3.05, 3.63) is 60.2 Å². The number of piperazine rings is 1. The Hall–Kier alpha value is -3.02. The van der Waals surface area contributed by atoms with Gasteiger partial charge in [-0.1, -0.05) is 30.3 Å². The van der Waals surface area contributed by atoms with Crippen LogP contribution in [0.4, 0.5) is 0 Å². The van der Waals surface area contributed by atoms with Gasteiger partial charge in [-0.15, -0.1) is 0 Å². The fraction of sp³-hybridized carbons (Fsp3) is 0.364. The third kappa shape index (κ3) is 5.74. The molecule has 0 atom stereocenters. The highest BCUT2D eigenvalue weighted by atomic mass is 16.5. The van der Waals surface area contributed by atoms with Crippen LogP contribution in [0.5, 0.6) is 11.5 Å². The van der Waals surface area contributed by atoms with E-state index >= 15 is 0 Å². The molecule has 0 aromatic heterocycles. The van der Waals surface area contributed by atoms with Crippen LogP contribution in [0.1, 0.15) is 12.0 Å². The number of ether oxygens (including phenoxy) is 2. The van der Waals surface area contributed by atoms with Crippen molar-refractivity contribution in [2.75, 3.05) is 39.4 Å². The van der Waals surface area contributed by atoms with Crippen LogP contribution in [0, 0.1) is 6.92 Å². The zero-order valence-electron chi connectivity index (χ0n) is 16.2. The van der Waals surface area contributed by atoms with Gasteiger partial charge in [-0.05, 0) is 36.8 Å². The van der Waals surface area contributed by atoms with E-state index in [1.165, 1.54) is 0 Å². The number of nitrogens with zero attached hydrogens (tertiary/aromatic N) is 2. The highest BCUT2D eigenvalue weighted by Gasteiger charge is 2.24. The molecular weight excluding hydrogens is 356 g/mol. The van der Waals surface area contributed by atoms with Crippen LogP contribution in [0.2, 0.25) is 0 Å². The number of hydrogen-bond acceptors (Lipinski definition) is 4. The van der Waals surface area contributed by atoms with E-state index in [-0.39, 0.29) is 18.4 Å². The monoisotopic (exact) mass is 382 g/mol. The number of aryl methyl sites for hydroxylation is 1. The van der Waals surface area contributed by atoms with E-state index in [4.69, 9.17) is 9.47 Å². The fourth-order valence-electron chi connectivity index (χ4n) is 3.08. The van der Waals surface area contributed by atoms with E-state index in [2.05, 4.69) is 0 Å². The Labute approximate surface area is 165 Å². The molecule has 1 heterocycles. The lowest BCUT2D eigenvalue weighted by atomic mass is 10.2. The summed E-state index contributed by atoms with van der Waals surface area (Å²) in [6, 6.07) is 17.1. The van der Waals surface area contributed by atoms with E-state index in [1.807, 2.05) is 61.5 Å². The van der Waals surface area contributed by atoms with Crippen LogP contribution in [-0.2, 0) is 9.59 Å². The molecule has 2 amide bonds. The van der Waals surface area contributed by atoms with Crippen molar-refractivity contribution in [2.45, 2.75) is 13.3 Å². The van der Waals surface area contributed by atoms with Gasteiger partial charge in [0.15, 0.2) is 6.61 Å². The Morgan fingerprint density at radius 3 is 2.14 bits per heavy atom. The minimum Gasteiger partial charge on any atom is -0.493 e. The first kappa shape index (κ1) is 19.7. The van der Waals surface area contributed by atoms with Crippen molar-refractivity contribution in [1.82, 2.24) is 9.80 Å². The summed E-state index contributed by atoms with van der Waals surface area (Å²) in [6.45, 7) is 4.49. The average Bonchev–Trinajstić information content (AvgIpc) is 2.73. The van der Waals surface area contributed by atoms with Crippen LogP contribution in [-0.4, -0.2) is 61.0 Å². The normalized spacial score (nSPS) is 13.9. The third-order valence-electron chi connectivity index (χ3n) is 4.66. The first-order chi connectivity index (χ1) is 13.6. The second kappa shape index (κ2) is 9.78. The van der Waals surface area contributed by atoms with Crippen molar-refractivity contribution >= 4 is 11.8 Å². The van der Waals surface area contributed by atoms with Gasteiger partial charge < -0.3 is 19.3 Å². The van der Waals surface area contributed by atoms with Crippen LogP contribution >= 0.6 is 0 Å². The minimum atomic E-state index is -0.0546. The lowest BCUT2D eigenvalue weighted by Crippen LogP contribution is -2.51. The van der Waals surface area contributed by atoms with Gasteiger partial charge in [0.1, 0.15) is 11.5 Å². The Morgan fingerprint density at radius 1 is 0.821 bits per heavy atom. The van der Waals surface area contributed by atoms with Gasteiger partial charge in [0, 0.05) is 26.2 Å². The maximum absolute atomic E-state index is 12.3. The summed E-state index contributed by atoms with van der Waals surface area (Å²) in [4.78, 5) is 28.2. The summed E-state index contributed by atoms with van der Waals surface area (Å²) in [6.07, 6.45) is 0.333. The number of carbonyl (C=O) groups excluding carboxylic acids is 2. The molecule has 2 aromatic rings. The number of rotatable bonds is 7. The first-order valence-electron chi connectivity index (χ1n) is 9.55. The van der Waals surface area contributed by atoms with E-state index in [9.17, 15) is 9.59 Å². The van der Waals surface area contributed by atoms with Gasteiger partial charge in [0.2, 0.25) is 5.91 Å². The maximum atomic E-state index is 12.3. The predicted octanol–water partition coefficient (Wildman–Crippen LogP) is 2.51. The van der Waals surface area contributed by atoms with Gasteiger partial charge in [0.25, 0.3) is 5.91 Å². The van der Waals surface area contributed by atoms with Crippen molar-refractivity contribution in [3.8, 4) is 11.5 Å². The molecule has 1 aliphatic heterocycles. The molecule has 1 aliphatic rings. The summed E-state index contributed by atoms with van der Waals surface area (Å²) in [5, 5.41) is 0. The van der Waals surface area contributed by atoms with Gasteiger partial charge in [0.05, 0.1) is 13.0 Å². The van der Waals surface area contributed by atoms with Crippen LogP contribution in [0.25, 0.3) is 0 Å². The minimum absolute atomic E-state index is 0.0162. The van der Waals surface area contributed by atoms with E-state index in [0.717, 1.165) is 11.3 Å². The largest absolute Gasteiger partial charge is 0.493 e. The number of hydrogen-bond donors (Lipinski definition) is 0. The second-order valence-corrected chi connectivity index (χ2v) is 6.78. The first-order valence-corrected chi connectivity index (χ1v) is 9.55. The average molecular weight is 382 g/mol. The highest BCUT2D eigenvalue weighted by Crippen LogP contribution is 2.13. The Balaban J connectivity index is 1.36. The second-order valence-electron chi connectivity index (χ2n) is 6.78. The third-order valence-corrected chi connectivity index (χ3v) is 4.66. The number of para-hydroxylation sites is 1. The van der Waals surface area contributed by atoms with Crippen LogP contribution in [0.3, 0.4) is 0 Å². The maximum Gasteiger partial charge on any atom is 0.260 e. The molecule has 0 spiro atoms. The van der Waals surface area contributed by atoms with Crippen molar-refractivity contribution < 1.29 is 19.1 Å². The smallest absolute Gasteiger partial charge is 0.260 e. The Kier molecular flexibility index (Phi) is 6.89. The summed E-state index contributed by atoms with van der Waals surface area (Å²) in [5.41, 5.74) is 1.09. The molecule has 6 nitrogen and oxygen atoms in total. The van der Waals surface area contributed by atoms with Gasteiger partial charge in [-0.3, -0.25) is 9.59 Å². The molecule has 0 saturated carbocycles. The molecule has 148 valence electrons. The molecular formula is C22H26N2O4. The van der Waals surface area contributed by atoms with E-state index in [0.29, 0.717) is 45.0 Å². The predicted molar refractivity (Wildman–Crippen MR) is 106 cm³/mol.